The van der Waals surface area contributed by atoms with Gasteiger partial charge in [0.25, 0.3) is 5.22 Å². The number of hydrogen-bond acceptors (Lipinski definition) is 7. The second kappa shape index (κ2) is 4.13. The van der Waals surface area contributed by atoms with Gasteiger partial charge in [-0.3, -0.25) is 4.40 Å². The molecule has 0 aliphatic heterocycles. The number of imidazole rings is 1. The predicted octanol–water partition coefficient (Wildman–Crippen LogP) is 1.70. The molecule has 0 aliphatic carbocycles. The molecule has 0 aromatic carbocycles. The molecule has 6 nitrogen and oxygen atoms in total. The van der Waals surface area contributed by atoms with E-state index >= 15 is 0 Å². The van der Waals surface area contributed by atoms with Gasteiger partial charge in [-0.15, -0.1) is 21.5 Å². The molecule has 0 saturated carbocycles. The van der Waals surface area contributed by atoms with E-state index in [1.807, 2.05) is 16.0 Å². The van der Waals surface area contributed by atoms with Gasteiger partial charge in [0.15, 0.2) is 4.96 Å². The van der Waals surface area contributed by atoms with E-state index in [1.165, 1.54) is 11.8 Å². The zero-order chi connectivity index (χ0) is 11.8. The summed E-state index contributed by atoms with van der Waals surface area (Å²) in [6.07, 6.45) is 1.96. The van der Waals surface area contributed by atoms with Crippen molar-refractivity contribution >= 4 is 28.1 Å². The van der Waals surface area contributed by atoms with Crippen molar-refractivity contribution in [2.75, 3.05) is 0 Å². The van der Waals surface area contributed by atoms with Crippen LogP contribution in [0.3, 0.4) is 0 Å². The summed E-state index contributed by atoms with van der Waals surface area (Å²) in [5, 5.41) is 11.0. The van der Waals surface area contributed by atoms with E-state index in [1.54, 1.807) is 18.3 Å². The van der Waals surface area contributed by atoms with Crippen LogP contribution >= 0.6 is 23.1 Å². The van der Waals surface area contributed by atoms with E-state index in [4.69, 9.17) is 10.2 Å². The minimum Gasteiger partial charge on any atom is -0.416 e. The van der Waals surface area contributed by atoms with Crippen LogP contribution in [0, 0.1) is 6.92 Å². The van der Waals surface area contributed by atoms with Gasteiger partial charge in [-0.1, -0.05) is 0 Å². The van der Waals surface area contributed by atoms with E-state index in [-0.39, 0.29) is 0 Å². The molecular formula is C9H9N5OS2. The van der Waals surface area contributed by atoms with Crippen molar-refractivity contribution in [3.8, 4) is 0 Å². The molecule has 2 N–H and O–H groups in total. The number of aromatic nitrogens is 4. The van der Waals surface area contributed by atoms with Gasteiger partial charge in [0.1, 0.15) is 5.03 Å². The van der Waals surface area contributed by atoms with Crippen LogP contribution < -0.4 is 5.73 Å². The molecule has 3 rings (SSSR count). The molecule has 0 unspecified atom stereocenters. The third-order valence-electron chi connectivity index (χ3n) is 2.21. The molecule has 0 spiro atoms. The molecule has 0 amide bonds. The number of aryl methyl sites for hydroxylation is 1. The van der Waals surface area contributed by atoms with Crippen LogP contribution in [0.15, 0.2) is 26.2 Å². The minimum atomic E-state index is 0.424. The van der Waals surface area contributed by atoms with Crippen LogP contribution in [-0.2, 0) is 6.54 Å². The first-order valence-electron chi connectivity index (χ1n) is 4.90. The Kier molecular flexibility index (Phi) is 2.61. The topological polar surface area (TPSA) is 82.2 Å². The van der Waals surface area contributed by atoms with Gasteiger partial charge < -0.3 is 10.2 Å². The van der Waals surface area contributed by atoms with Crippen LogP contribution in [0.25, 0.3) is 4.96 Å². The highest BCUT2D eigenvalue weighted by Crippen LogP contribution is 2.30. The lowest BCUT2D eigenvalue weighted by atomic mass is 10.5. The Balaban J connectivity index is 2.01. The largest absolute Gasteiger partial charge is 0.416 e. The summed E-state index contributed by atoms with van der Waals surface area (Å²) in [4.78, 5) is 5.41. The first-order chi connectivity index (χ1) is 8.28. The summed E-state index contributed by atoms with van der Waals surface area (Å²) in [5.74, 6) is 0.544. The number of nitrogens with zero attached hydrogens (tertiary/aromatic N) is 4. The SMILES string of the molecule is Cc1nnc(Sc2nc3sccn3c2CN)o1. The average Bonchev–Trinajstić information content (AvgIpc) is 2.95. The normalized spacial score (nSPS) is 11.4. The minimum absolute atomic E-state index is 0.424. The lowest BCUT2D eigenvalue weighted by molar-refractivity contribution is 0.429. The van der Waals surface area contributed by atoms with Gasteiger partial charge in [0, 0.05) is 25.0 Å². The van der Waals surface area contributed by atoms with Crippen molar-refractivity contribution in [2.24, 2.45) is 5.73 Å². The Labute approximate surface area is 105 Å². The average molecular weight is 267 g/mol. The number of thiazole rings is 1. The van der Waals surface area contributed by atoms with Crippen LogP contribution in [0.4, 0.5) is 0 Å². The summed E-state index contributed by atoms with van der Waals surface area (Å²) < 4.78 is 7.30. The van der Waals surface area contributed by atoms with Crippen molar-refractivity contribution < 1.29 is 4.42 Å². The third kappa shape index (κ3) is 1.84. The van der Waals surface area contributed by atoms with Crippen LogP contribution in [0.2, 0.25) is 0 Å². The molecule has 3 aromatic heterocycles. The van der Waals surface area contributed by atoms with E-state index < -0.39 is 0 Å². The monoisotopic (exact) mass is 267 g/mol. The van der Waals surface area contributed by atoms with Gasteiger partial charge in [0.2, 0.25) is 5.89 Å². The van der Waals surface area contributed by atoms with Crippen molar-refractivity contribution in [1.29, 1.82) is 0 Å². The highest BCUT2D eigenvalue weighted by molar-refractivity contribution is 7.99. The molecule has 0 fully saturated rings. The van der Waals surface area contributed by atoms with Crippen molar-refractivity contribution in [1.82, 2.24) is 19.6 Å². The molecular weight excluding hydrogens is 258 g/mol. The molecule has 3 heterocycles. The molecule has 8 heteroatoms. The Morgan fingerprint density at radius 2 is 2.41 bits per heavy atom. The van der Waals surface area contributed by atoms with Gasteiger partial charge in [-0.05, 0) is 11.8 Å². The maximum atomic E-state index is 5.74. The maximum absolute atomic E-state index is 5.74. The molecule has 3 aromatic rings. The molecule has 0 saturated heterocycles. The predicted molar refractivity (Wildman–Crippen MR) is 64.1 cm³/mol. The lowest BCUT2D eigenvalue weighted by Gasteiger charge is -1.96. The smallest absolute Gasteiger partial charge is 0.282 e. The Morgan fingerprint density at radius 3 is 3.12 bits per heavy atom. The van der Waals surface area contributed by atoms with Gasteiger partial charge >= 0.3 is 0 Å². The zero-order valence-corrected chi connectivity index (χ0v) is 10.6. The van der Waals surface area contributed by atoms with Crippen molar-refractivity contribution in [3.05, 3.63) is 23.2 Å². The fraction of sp³-hybridized carbons (Fsp3) is 0.222. The molecule has 0 bridgehead atoms. The lowest BCUT2D eigenvalue weighted by Crippen LogP contribution is -2.00. The van der Waals surface area contributed by atoms with E-state index in [0.717, 1.165) is 15.7 Å². The second-order valence-electron chi connectivity index (χ2n) is 3.31. The Morgan fingerprint density at radius 1 is 1.53 bits per heavy atom. The summed E-state index contributed by atoms with van der Waals surface area (Å²) in [7, 11) is 0. The highest BCUT2D eigenvalue weighted by atomic mass is 32.2. The van der Waals surface area contributed by atoms with Gasteiger partial charge in [-0.25, -0.2) is 4.98 Å². The highest BCUT2D eigenvalue weighted by Gasteiger charge is 2.15. The Hall–Kier alpha value is -1.38. The summed E-state index contributed by atoms with van der Waals surface area (Å²) >= 11 is 2.91. The standard InChI is InChI=1S/C9H9N5OS2/c1-5-12-13-9(15-5)17-7-6(4-10)14-2-3-16-8(14)11-7/h2-3H,4,10H2,1H3. The summed E-state index contributed by atoms with van der Waals surface area (Å²) in [6, 6.07) is 0. The summed E-state index contributed by atoms with van der Waals surface area (Å²) in [6.45, 7) is 2.18. The van der Waals surface area contributed by atoms with Crippen molar-refractivity contribution in [2.45, 2.75) is 23.7 Å². The van der Waals surface area contributed by atoms with Crippen LogP contribution in [0.5, 0.6) is 0 Å². The maximum Gasteiger partial charge on any atom is 0.282 e. The second-order valence-corrected chi connectivity index (χ2v) is 5.13. The zero-order valence-electron chi connectivity index (χ0n) is 8.95. The number of nitrogens with two attached hydrogens (primary N) is 1. The van der Waals surface area contributed by atoms with E-state index in [0.29, 0.717) is 17.7 Å². The third-order valence-corrected chi connectivity index (χ3v) is 3.83. The fourth-order valence-electron chi connectivity index (χ4n) is 1.48. The summed E-state index contributed by atoms with van der Waals surface area (Å²) in [5.41, 5.74) is 6.70. The van der Waals surface area contributed by atoms with Crippen molar-refractivity contribution in [3.63, 3.8) is 0 Å². The Bertz CT molecular complexity index is 655. The first kappa shape index (κ1) is 10.8. The number of fused-ring (bicyclic) bond motifs is 1. The number of rotatable bonds is 3. The molecule has 0 atom stereocenters. The first-order valence-corrected chi connectivity index (χ1v) is 6.60. The fourth-order valence-corrected chi connectivity index (χ4v) is 3.11. The van der Waals surface area contributed by atoms with E-state index in [2.05, 4.69) is 15.2 Å². The van der Waals surface area contributed by atoms with Crippen LogP contribution in [-0.4, -0.2) is 19.6 Å². The van der Waals surface area contributed by atoms with Gasteiger partial charge in [-0.2, -0.15) is 0 Å². The van der Waals surface area contributed by atoms with Gasteiger partial charge in [0.05, 0.1) is 5.69 Å². The molecule has 88 valence electrons. The number of hydrogen-bond donors (Lipinski definition) is 1. The quantitative estimate of drug-likeness (QED) is 0.777. The molecule has 0 radical (unpaired) electrons. The molecule has 17 heavy (non-hydrogen) atoms. The van der Waals surface area contributed by atoms with Crippen LogP contribution in [0.1, 0.15) is 11.6 Å². The van der Waals surface area contributed by atoms with E-state index in [9.17, 15) is 0 Å². The molecule has 0 aliphatic rings.